The van der Waals surface area contributed by atoms with Crippen molar-refractivity contribution in [3.8, 4) is 0 Å². The summed E-state index contributed by atoms with van der Waals surface area (Å²) in [6.45, 7) is 1.67. The largest absolute Gasteiger partial charge is 0.322 e. The average Bonchev–Trinajstić information content (AvgIpc) is 2.64. The molecule has 0 saturated heterocycles. The Balaban J connectivity index is 1.75. The SMILES string of the molecule is Cc1cc(NC(=O)c2ccccc2SCc2ccncc2)ccc1F. The molecule has 3 aromatic rings. The predicted molar refractivity (Wildman–Crippen MR) is 99.3 cm³/mol. The fraction of sp³-hybridized carbons (Fsp3) is 0.100. The van der Waals surface area contributed by atoms with Crippen LogP contribution in [0.3, 0.4) is 0 Å². The molecule has 0 aliphatic rings. The molecule has 2 aromatic carbocycles. The number of halogens is 1. The first-order valence-electron chi connectivity index (χ1n) is 7.82. The van der Waals surface area contributed by atoms with Crippen molar-refractivity contribution in [2.75, 3.05) is 5.32 Å². The normalized spacial score (nSPS) is 10.5. The van der Waals surface area contributed by atoms with Crippen molar-refractivity contribution in [1.82, 2.24) is 4.98 Å². The lowest BCUT2D eigenvalue weighted by Crippen LogP contribution is -2.13. The minimum absolute atomic E-state index is 0.205. The summed E-state index contributed by atoms with van der Waals surface area (Å²) in [7, 11) is 0. The first kappa shape index (κ1) is 17.2. The molecule has 5 heteroatoms. The fourth-order valence-electron chi connectivity index (χ4n) is 2.34. The molecule has 1 heterocycles. The maximum Gasteiger partial charge on any atom is 0.256 e. The quantitative estimate of drug-likeness (QED) is 0.652. The molecule has 126 valence electrons. The van der Waals surface area contributed by atoms with Crippen LogP contribution in [0.15, 0.2) is 71.9 Å². The van der Waals surface area contributed by atoms with Crippen molar-refractivity contribution in [2.45, 2.75) is 17.6 Å². The van der Waals surface area contributed by atoms with E-state index in [1.807, 2.05) is 30.3 Å². The van der Waals surface area contributed by atoms with E-state index in [2.05, 4.69) is 10.3 Å². The van der Waals surface area contributed by atoms with Crippen LogP contribution in [0.4, 0.5) is 10.1 Å². The number of aryl methyl sites for hydroxylation is 1. The average molecular weight is 352 g/mol. The van der Waals surface area contributed by atoms with E-state index in [9.17, 15) is 9.18 Å². The smallest absolute Gasteiger partial charge is 0.256 e. The number of nitrogens with zero attached hydrogens (tertiary/aromatic N) is 1. The Kier molecular flexibility index (Phi) is 5.46. The molecule has 3 rings (SSSR count). The van der Waals surface area contributed by atoms with Gasteiger partial charge in [0.2, 0.25) is 0 Å². The van der Waals surface area contributed by atoms with E-state index in [0.717, 1.165) is 16.2 Å². The molecule has 0 radical (unpaired) electrons. The number of pyridine rings is 1. The summed E-state index contributed by atoms with van der Waals surface area (Å²) < 4.78 is 13.4. The van der Waals surface area contributed by atoms with E-state index in [-0.39, 0.29) is 11.7 Å². The zero-order chi connectivity index (χ0) is 17.6. The number of nitrogens with one attached hydrogen (secondary N) is 1. The Hall–Kier alpha value is -2.66. The Labute approximate surface area is 150 Å². The number of anilines is 1. The highest BCUT2D eigenvalue weighted by Crippen LogP contribution is 2.27. The molecular weight excluding hydrogens is 335 g/mol. The van der Waals surface area contributed by atoms with Crippen molar-refractivity contribution < 1.29 is 9.18 Å². The highest BCUT2D eigenvalue weighted by molar-refractivity contribution is 7.98. The van der Waals surface area contributed by atoms with Crippen molar-refractivity contribution in [1.29, 1.82) is 0 Å². The number of carbonyl (C=O) groups excluding carboxylic acids is 1. The van der Waals surface area contributed by atoms with E-state index in [1.54, 1.807) is 49.3 Å². The van der Waals surface area contributed by atoms with Gasteiger partial charge in [-0.2, -0.15) is 0 Å². The first-order valence-corrected chi connectivity index (χ1v) is 8.80. The second kappa shape index (κ2) is 7.94. The number of carbonyl (C=O) groups is 1. The first-order chi connectivity index (χ1) is 12.1. The zero-order valence-electron chi connectivity index (χ0n) is 13.7. The van der Waals surface area contributed by atoms with Crippen LogP contribution < -0.4 is 5.32 Å². The predicted octanol–water partition coefficient (Wildman–Crippen LogP) is 5.07. The van der Waals surface area contributed by atoms with Crippen molar-refractivity contribution >= 4 is 23.4 Å². The summed E-state index contributed by atoms with van der Waals surface area (Å²) in [6, 6.07) is 15.9. The molecule has 0 aliphatic carbocycles. The van der Waals surface area contributed by atoms with E-state index in [4.69, 9.17) is 0 Å². The molecule has 0 fully saturated rings. The molecule has 1 N–H and O–H groups in total. The van der Waals surface area contributed by atoms with E-state index < -0.39 is 0 Å². The topological polar surface area (TPSA) is 42.0 Å². The van der Waals surface area contributed by atoms with Gasteiger partial charge in [0.25, 0.3) is 5.91 Å². The molecule has 0 bridgehead atoms. The number of aromatic nitrogens is 1. The van der Waals surface area contributed by atoms with E-state index in [1.165, 1.54) is 6.07 Å². The maximum atomic E-state index is 13.4. The molecule has 0 unspecified atom stereocenters. The highest BCUT2D eigenvalue weighted by Gasteiger charge is 2.12. The van der Waals surface area contributed by atoms with Crippen molar-refractivity contribution in [2.24, 2.45) is 0 Å². The fourth-order valence-corrected chi connectivity index (χ4v) is 3.35. The second-order valence-corrected chi connectivity index (χ2v) is 6.58. The molecule has 25 heavy (non-hydrogen) atoms. The van der Waals surface area contributed by atoms with Gasteiger partial charge in [0.1, 0.15) is 5.82 Å². The third-order valence-electron chi connectivity index (χ3n) is 3.69. The summed E-state index contributed by atoms with van der Waals surface area (Å²) in [5, 5.41) is 2.84. The Morgan fingerprint density at radius 2 is 1.88 bits per heavy atom. The molecule has 0 spiro atoms. The van der Waals surface area contributed by atoms with Gasteiger partial charge in [-0.3, -0.25) is 9.78 Å². The van der Waals surface area contributed by atoms with E-state index in [0.29, 0.717) is 16.8 Å². The number of hydrogen-bond acceptors (Lipinski definition) is 3. The standard InChI is InChI=1S/C20H17FN2OS/c1-14-12-16(6-7-18(14)21)23-20(24)17-4-2-3-5-19(17)25-13-15-8-10-22-11-9-15/h2-12H,13H2,1H3,(H,23,24). The lowest BCUT2D eigenvalue weighted by molar-refractivity contribution is 0.102. The molecular formula is C20H17FN2OS. The van der Waals surface area contributed by atoms with Crippen molar-refractivity contribution in [3.63, 3.8) is 0 Å². The summed E-state index contributed by atoms with van der Waals surface area (Å²) in [5.41, 5.74) is 2.82. The van der Waals surface area contributed by atoms with Crippen LogP contribution in [0.5, 0.6) is 0 Å². The summed E-state index contributed by atoms with van der Waals surface area (Å²) in [5.74, 6) is 0.262. The van der Waals surface area contributed by atoms with Gasteiger partial charge in [0, 0.05) is 28.7 Å². The molecule has 0 atom stereocenters. The van der Waals surface area contributed by atoms with Crippen molar-refractivity contribution in [3.05, 3.63) is 89.5 Å². The van der Waals surface area contributed by atoms with Gasteiger partial charge in [-0.25, -0.2) is 4.39 Å². The van der Waals surface area contributed by atoms with Gasteiger partial charge < -0.3 is 5.32 Å². The monoisotopic (exact) mass is 352 g/mol. The Morgan fingerprint density at radius 1 is 1.12 bits per heavy atom. The summed E-state index contributed by atoms with van der Waals surface area (Å²) in [4.78, 5) is 17.5. The third-order valence-corrected chi connectivity index (χ3v) is 4.84. The Bertz CT molecular complexity index is 884. The van der Waals surface area contributed by atoms with Crippen LogP contribution in [-0.2, 0) is 5.75 Å². The third kappa shape index (κ3) is 4.45. The van der Waals surface area contributed by atoms with Crippen LogP contribution >= 0.6 is 11.8 Å². The molecule has 0 saturated carbocycles. The summed E-state index contributed by atoms with van der Waals surface area (Å²) in [6.07, 6.45) is 3.51. The maximum absolute atomic E-state index is 13.4. The van der Waals surface area contributed by atoms with Crippen LogP contribution in [0.25, 0.3) is 0 Å². The van der Waals surface area contributed by atoms with Crippen LogP contribution in [0.2, 0.25) is 0 Å². The molecule has 3 nitrogen and oxygen atoms in total. The highest BCUT2D eigenvalue weighted by atomic mass is 32.2. The van der Waals surface area contributed by atoms with Gasteiger partial charge in [0.15, 0.2) is 0 Å². The van der Waals surface area contributed by atoms with Crippen LogP contribution in [-0.4, -0.2) is 10.9 Å². The van der Waals surface area contributed by atoms with Gasteiger partial charge in [-0.15, -0.1) is 11.8 Å². The number of benzene rings is 2. The molecule has 1 amide bonds. The minimum Gasteiger partial charge on any atom is -0.322 e. The van der Waals surface area contributed by atoms with Gasteiger partial charge in [-0.05, 0) is 60.5 Å². The number of amides is 1. The molecule has 0 aliphatic heterocycles. The van der Waals surface area contributed by atoms with Crippen LogP contribution in [0.1, 0.15) is 21.5 Å². The lowest BCUT2D eigenvalue weighted by Gasteiger charge is -2.10. The molecule has 1 aromatic heterocycles. The minimum atomic E-state index is -0.286. The lowest BCUT2D eigenvalue weighted by atomic mass is 10.2. The number of rotatable bonds is 5. The number of thioether (sulfide) groups is 1. The van der Waals surface area contributed by atoms with E-state index >= 15 is 0 Å². The Morgan fingerprint density at radius 3 is 2.64 bits per heavy atom. The van der Waals surface area contributed by atoms with Gasteiger partial charge in [0.05, 0.1) is 5.56 Å². The van der Waals surface area contributed by atoms with Crippen LogP contribution in [0, 0.1) is 12.7 Å². The zero-order valence-corrected chi connectivity index (χ0v) is 14.5. The second-order valence-electron chi connectivity index (χ2n) is 5.56. The van der Waals surface area contributed by atoms with Gasteiger partial charge >= 0.3 is 0 Å². The van der Waals surface area contributed by atoms with Gasteiger partial charge in [-0.1, -0.05) is 12.1 Å². The summed E-state index contributed by atoms with van der Waals surface area (Å²) >= 11 is 1.60. The number of hydrogen-bond donors (Lipinski definition) is 1.